The van der Waals surface area contributed by atoms with Crippen LogP contribution in [0.2, 0.25) is 0 Å². The molecule has 4 bridgehead atoms. The van der Waals surface area contributed by atoms with Gasteiger partial charge < -0.3 is 15.6 Å². The summed E-state index contributed by atoms with van der Waals surface area (Å²) in [4.78, 5) is 2.17. The summed E-state index contributed by atoms with van der Waals surface area (Å²) in [5.41, 5.74) is -2.23. The van der Waals surface area contributed by atoms with E-state index in [-0.39, 0.29) is 0 Å². The van der Waals surface area contributed by atoms with E-state index in [4.69, 9.17) is 0 Å². The van der Waals surface area contributed by atoms with E-state index >= 15 is 0 Å². The van der Waals surface area contributed by atoms with Crippen molar-refractivity contribution in [1.29, 1.82) is 0 Å². The topological polar surface area (TPSA) is 73.7 Å². The Kier molecular flexibility index (Phi) is 2.47. The summed E-state index contributed by atoms with van der Waals surface area (Å²) in [5.74, 6) is 0. The zero-order chi connectivity index (χ0) is 15.0. The van der Waals surface area contributed by atoms with Crippen molar-refractivity contribution < 1.29 is 15.6 Å². The van der Waals surface area contributed by atoms with Crippen molar-refractivity contribution in [3.8, 4) is 0 Å². The molecule has 4 heterocycles. The van der Waals surface area contributed by atoms with Crippen molar-refractivity contribution in [2.24, 2.45) is 0 Å². The molecule has 0 aliphatic carbocycles. The van der Waals surface area contributed by atoms with Gasteiger partial charge in [0.1, 0.15) is 11.3 Å². The summed E-state index contributed by atoms with van der Waals surface area (Å²) in [5, 5.41) is 35.5. The molecular formula is C14H20N4O3. The van der Waals surface area contributed by atoms with Gasteiger partial charge in [0.05, 0.1) is 0 Å². The first-order valence-electron chi connectivity index (χ1n) is 7.11. The van der Waals surface area contributed by atoms with Gasteiger partial charge in [-0.2, -0.15) is 0 Å². The molecule has 4 atom stereocenters. The Balaban J connectivity index is 1.95. The molecule has 0 radical (unpaired) electrons. The molecule has 3 N–H and O–H groups in total. The van der Waals surface area contributed by atoms with Gasteiger partial charge in [0.25, 0.3) is 0 Å². The van der Waals surface area contributed by atoms with E-state index in [0.717, 1.165) is 20.8 Å². The van der Waals surface area contributed by atoms with Gasteiger partial charge in [-0.05, 0) is 19.4 Å². The lowest BCUT2D eigenvalue weighted by atomic mass is 9.81. The Labute approximate surface area is 123 Å². The van der Waals surface area contributed by atoms with Crippen molar-refractivity contribution in [2.75, 3.05) is 19.6 Å². The van der Waals surface area contributed by atoms with Crippen molar-refractivity contribution in [3.63, 3.8) is 0 Å². The molecule has 0 spiro atoms. The molecule has 2 unspecified atom stereocenters. The highest BCUT2D eigenvalue weighted by atomic mass is 16.6. The van der Waals surface area contributed by atoms with Crippen LogP contribution in [0.3, 0.4) is 0 Å². The van der Waals surface area contributed by atoms with E-state index in [9.17, 15) is 15.6 Å². The SMILES string of the molecule is C[C@]12CN3CC(c4ccccc4)(N1O)N(O)[C@@](C)(C3)N2O. The number of benzene rings is 1. The van der Waals surface area contributed by atoms with Gasteiger partial charge in [0.2, 0.25) is 0 Å². The highest BCUT2D eigenvalue weighted by Gasteiger charge is 2.73. The second-order valence-corrected chi connectivity index (χ2v) is 6.70. The Morgan fingerprint density at radius 1 is 0.810 bits per heavy atom. The minimum Gasteiger partial charge on any atom is -0.310 e. The van der Waals surface area contributed by atoms with E-state index < -0.39 is 17.0 Å². The van der Waals surface area contributed by atoms with Crippen LogP contribution in [0, 0.1) is 0 Å². The highest BCUT2D eigenvalue weighted by molar-refractivity contribution is 5.29. The Hall–Kier alpha value is -1.06. The third kappa shape index (κ3) is 1.33. The second-order valence-electron chi connectivity index (χ2n) is 6.70. The molecule has 1 aromatic carbocycles. The van der Waals surface area contributed by atoms with Crippen LogP contribution in [0.1, 0.15) is 19.4 Å². The first kappa shape index (κ1) is 13.6. The Bertz CT molecular complexity index is 559. The van der Waals surface area contributed by atoms with Crippen LogP contribution in [0.25, 0.3) is 0 Å². The third-order valence-electron chi connectivity index (χ3n) is 5.25. The fourth-order valence-corrected chi connectivity index (χ4v) is 4.35. The number of rotatable bonds is 1. The molecule has 0 amide bonds. The summed E-state index contributed by atoms with van der Waals surface area (Å²) >= 11 is 0. The van der Waals surface area contributed by atoms with Gasteiger partial charge >= 0.3 is 0 Å². The van der Waals surface area contributed by atoms with Crippen LogP contribution in [-0.2, 0) is 5.66 Å². The molecule has 0 saturated carbocycles. The standard InChI is InChI=1S/C14H20N4O3/c1-12-8-15-9-13(2,16(12)19)18(21)14(10-15,17(12)20)11-6-4-3-5-7-11/h3-7,19-21H,8-10H2,1-2H3/t12-,13+,14?. The van der Waals surface area contributed by atoms with Crippen LogP contribution < -0.4 is 0 Å². The lowest BCUT2D eigenvalue weighted by Gasteiger charge is -2.73. The number of hydrogen-bond acceptors (Lipinski definition) is 7. The number of hydroxylamine groups is 6. The van der Waals surface area contributed by atoms with E-state index in [1.54, 1.807) is 13.8 Å². The molecule has 4 fully saturated rings. The van der Waals surface area contributed by atoms with Crippen LogP contribution in [0.4, 0.5) is 0 Å². The summed E-state index contributed by atoms with van der Waals surface area (Å²) in [7, 11) is 0. The van der Waals surface area contributed by atoms with Crippen molar-refractivity contribution in [1.82, 2.24) is 20.1 Å². The molecule has 4 saturated heterocycles. The van der Waals surface area contributed by atoms with Crippen molar-refractivity contribution >= 4 is 0 Å². The summed E-state index contributed by atoms with van der Waals surface area (Å²) in [6.07, 6.45) is 0. The van der Waals surface area contributed by atoms with Crippen molar-refractivity contribution in [3.05, 3.63) is 35.9 Å². The Morgan fingerprint density at radius 2 is 1.33 bits per heavy atom. The maximum atomic E-state index is 10.8. The average molecular weight is 292 g/mol. The monoisotopic (exact) mass is 292 g/mol. The van der Waals surface area contributed by atoms with Gasteiger partial charge in [0.15, 0.2) is 5.66 Å². The molecular weight excluding hydrogens is 272 g/mol. The molecule has 5 rings (SSSR count). The predicted octanol–water partition coefficient (Wildman–Crippen LogP) is 0.688. The first-order chi connectivity index (χ1) is 9.85. The lowest BCUT2D eigenvalue weighted by molar-refractivity contribution is -0.542. The van der Waals surface area contributed by atoms with Crippen LogP contribution >= 0.6 is 0 Å². The molecule has 0 aromatic heterocycles. The smallest absolute Gasteiger partial charge is 0.162 e. The number of piperazine rings is 3. The fraction of sp³-hybridized carbons (Fsp3) is 0.571. The number of nitrogens with zero attached hydrogens (tertiary/aromatic N) is 4. The van der Waals surface area contributed by atoms with Crippen molar-refractivity contribution in [2.45, 2.75) is 30.8 Å². The Morgan fingerprint density at radius 3 is 1.86 bits per heavy atom. The lowest BCUT2D eigenvalue weighted by Crippen LogP contribution is -2.93. The zero-order valence-corrected chi connectivity index (χ0v) is 12.1. The van der Waals surface area contributed by atoms with Gasteiger partial charge in [0, 0.05) is 19.6 Å². The summed E-state index contributed by atoms with van der Waals surface area (Å²) in [6, 6.07) is 9.43. The molecule has 7 heteroatoms. The third-order valence-corrected chi connectivity index (χ3v) is 5.25. The highest BCUT2D eigenvalue weighted by Crippen LogP contribution is 2.54. The normalized spacial score (nSPS) is 47.2. The number of hydrogen-bond donors (Lipinski definition) is 3. The van der Waals surface area contributed by atoms with E-state index in [1.807, 2.05) is 30.3 Å². The van der Waals surface area contributed by atoms with Crippen LogP contribution in [-0.4, -0.2) is 66.7 Å². The van der Waals surface area contributed by atoms with Gasteiger partial charge in [-0.1, -0.05) is 30.3 Å². The maximum absolute atomic E-state index is 10.8. The van der Waals surface area contributed by atoms with E-state index in [1.165, 1.54) is 0 Å². The molecule has 21 heavy (non-hydrogen) atoms. The molecule has 7 nitrogen and oxygen atoms in total. The maximum Gasteiger partial charge on any atom is 0.162 e. The average Bonchev–Trinajstić information content (AvgIpc) is 2.48. The van der Waals surface area contributed by atoms with E-state index in [2.05, 4.69) is 4.90 Å². The molecule has 4 aliphatic rings. The molecule has 4 aliphatic heterocycles. The molecule has 114 valence electrons. The van der Waals surface area contributed by atoms with E-state index in [0.29, 0.717) is 19.6 Å². The quantitative estimate of drug-likeness (QED) is 0.703. The van der Waals surface area contributed by atoms with Crippen LogP contribution in [0.15, 0.2) is 30.3 Å². The largest absolute Gasteiger partial charge is 0.310 e. The predicted molar refractivity (Wildman–Crippen MR) is 72.2 cm³/mol. The minimum atomic E-state index is -1.08. The van der Waals surface area contributed by atoms with Gasteiger partial charge in [-0.3, -0.25) is 4.90 Å². The fourth-order valence-electron chi connectivity index (χ4n) is 4.35. The van der Waals surface area contributed by atoms with Gasteiger partial charge in [-0.15, -0.1) is 15.2 Å². The zero-order valence-electron chi connectivity index (χ0n) is 12.1. The van der Waals surface area contributed by atoms with Gasteiger partial charge in [-0.25, -0.2) is 0 Å². The second kappa shape index (κ2) is 3.82. The first-order valence-corrected chi connectivity index (χ1v) is 7.11. The molecule has 1 aromatic rings. The summed E-state index contributed by atoms with van der Waals surface area (Å²) in [6.45, 7) is 5.06. The van der Waals surface area contributed by atoms with Crippen LogP contribution in [0.5, 0.6) is 0 Å². The minimum absolute atomic E-state index is 0.475. The summed E-state index contributed by atoms with van der Waals surface area (Å²) < 4.78 is 0.